The lowest BCUT2D eigenvalue weighted by molar-refractivity contribution is 0.203. The van der Waals surface area contributed by atoms with Crippen LogP contribution in [0.3, 0.4) is 0 Å². The zero-order valence-corrected chi connectivity index (χ0v) is 14.7. The summed E-state index contributed by atoms with van der Waals surface area (Å²) in [6.07, 6.45) is 0.699. The first-order valence-electron chi connectivity index (χ1n) is 6.04. The Labute approximate surface area is 141 Å². The van der Waals surface area contributed by atoms with Crippen LogP contribution in [0.5, 0.6) is 0 Å². The fourth-order valence-electron chi connectivity index (χ4n) is 1.53. The molecule has 1 rings (SSSR count). The average Bonchev–Trinajstić information content (AvgIpc) is 2.39. The second-order valence-corrected chi connectivity index (χ2v) is 4.31. The normalized spacial score (nSPS) is 10.9. The Kier molecular flexibility index (Phi) is 10.8. The summed E-state index contributed by atoms with van der Waals surface area (Å²) in [5.74, 6) is 0.383. The Morgan fingerprint density at radius 1 is 1.35 bits per heavy atom. The Hall–Kier alpha value is -0.600. The highest BCUT2D eigenvalue weighted by atomic mass is 127. The zero-order valence-electron chi connectivity index (χ0n) is 11.6. The van der Waals surface area contributed by atoms with Crippen LogP contribution in [-0.2, 0) is 11.2 Å². The van der Waals surface area contributed by atoms with Gasteiger partial charge in [-0.1, -0.05) is 17.7 Å². The van der Waals surface area contributed by atoms with Crippen molar-refractivity contribution in [3.05, 3.63) is 34.6 Å². The molecular formula is C13H20ClFIN3O. The molecule has 0 saturated carbocycles. The minimum Gasteiger partial charge on any atom is -0.383 e. The van der Waals surface area contributed by atoms with Gasteiger partial charge in [-0.3, -0.25) is 4.99 Å². The fourth-order valence-corrected chi connectivity index (χ4v) is 1.79. The van der Waals surface area contributed by atoms with Crippen molar-refractivity contribution in [1.29, 1.82) is 0 Å². The van der Waals surface area contributed by atoms with Crippen LogP contribution >= 0.6 is 35.6 Å². The standard InChI is InChI=1S/C13H19ClFN3O.HI/c1-16-13(18-7-8-19-2)17-6-5-10-3-4-11(15)9-12(10)14;/h3-4,9H,5-8H2,1-2H3,(H2,16,17,18);1H. The van der Waals surface area contributed by atoms with Gasteiger partial charge in [0.15, 0.2) is 5.96 Å². The molecule has 1 aromatic rings. The van der Waals surface area contributed by atoms with E-state index in [4.69, 9.17) is 16.3 Å². The van der Waals surface area contributed by atoms with Crippen LogP contribution in [0.15, 0.2) is 23.2 Å². The molecule has 0 heterocycles. The maximum Gasteiger partial charge on any atom is 0.191 e. The summed E-state index contributed by atoms with van der Waals surface area (Å²) < 4.78 is 17.8. The summed E-state index contributed by atoms with van der Waals surface area (Å²) in [6.45, 7) is 1.97. The number of hydrogen-bond donors (Lipinski definition) is 2. The lowest BCUT2D eigenvalue weighted by Crippen LogP contribution is -2.39. The summed E-state index contributed by atoms with van der Waals surface area (Å²) in [6, 6.07) is 4.43. The molecule has 2 N–H and O–H groups in total. The van der Waals surface area contributed by atoms with Gasteiger partial charge in [-0.25, -0.2) is 4.39 Å². The number of ether oxygens (including phenoxy) is 1. The maximum absolute atomic E-state index is 12.9. The van der Waals surface area contributed by atoms with E-state index in [1.165, 1.54) is 12.1 Å². The number of nitrogens with zero attached hydrogens (tertiary/aromatic N) is 1. The zero-order chi connectivity index (χ0) is 14.1. The van der Waals surface area contributed by atoms with Gasteiger partial charge in [-0.15, -0.1) is 24.0 Å². The van der Waals surface area contributed by atoms with Crippen LogP contribution in [0.4, 0.5) is 4.39 Å². The monoisotopic (exact) mass is 415 g/mol. The van der Waals surface area contributed by atoms with Crippen molar-refractivity contribution in [2.45, 2.75) is 6.42 Å². The molecule has 0 fully saturated rings. The summed E-state index contributed by atoms with van der Waals surface area (Å²) >= 11 is 5.95. The molecular weight excluding hydrogens is 396 g/mol. The van der Waals surface area contributed by atoms with E-state index >= 15 is 0 Å². The summed E-state index contributed by atoms with van der Waals surface area (Å²) in [5, 5.41) is 6.70. The topological polar surface area (TPSA) is 45.7 Å². The molecule has 0 atom stereocenters. The van der Waals surface area contributed by atoms with Crippen LogP contribution in [0.25, 0.3) is 0 Å². The summed E-state index contributed by atoms with van der Waals surface area (Å²) in [7, 11) is 3.35. The van der Waals surface area contributed by atoms with E-state index in [9.17, 15) is 4.39 Å². The van der Waals surface area contributed by atoms with Crippen LogP contribution in [0.2, 0.25) is 5.02 Å². The number of hydrogen-bond acceptors (Lipinski definition) is 2. The van der Waals surface area contributed by atoms with Crippen LogP contribution < -0.4 is 10.6 Å². The molecule has 7 heteroatoms. The molecule has 0 aromatic heterocycles. The molecule has 4 nitrogen and oxygen atoms in total. The Balaban J connectivity index is 0.00000361. The second kappa shape index (κ2) is 11.1. The SMILES string of the molecule is CN=C(NCCOC)NCCc1ccc(F)cc1Cl.I. The van der Waals surface area contributed by atoms with Gasteiger partial charge in [-0.05, 0) is 24.1 Å². The number of aliphatic imine (C=N–C) groups is 1. The lowest BCUT2D eigenvalue weighted by atomic mass is 10.1. The average molecular weight is 416 g/mol. The maximum atomic E-state index is 12.9. The number of benzene rings is 1. The molecule has 114 valence electrons. The van der Waals surface area contributed by atoms with Gasteiger partial charge >= 0.3 is 0 Å². The van der Waals surface area contributed by atoms with E-state index in [1.807, 2.05) is 0 Å². The second-order valence-electron chi connectivity index (χ2n) is 3.90. The van der Waals surface area contributed by atoms with Crippen molar-refractivity contribution in [3.63, 3.8) is 0 Å². The van der Waals surface area contributed by atoms with E-state index in [0.29, 0.717) is 37.1 Å². The molecule has 0 radical (unpaired) electrons. The Morgan fingerprint density at radius 2 is 2.05 bits per heavy atom. The molecule has 0 aliphatic rings. The van der Waals surface area contributed by atoms with Gasteiger partial charge in [0.1, 0.15) is 5.82 Å². The Bertz CT molecular complexity index is 432. The molecule has 0 aliphatic heterocycles. The third-order valence-corrected chi connectivity index (χ3v) is 2.88. The highest BCUT2D eigenvalue weighted by molar-refractivity contribution is 14.0. The van der Waals surface area contributed by atoms with E-state index < -0.39 is 0 Å². The molecule has 0 saturated heterocycles. The minimum absolute atomic E-state index is 0. The van der Waals surface area contributed by atoms with Crippen molar-refractivity contribution in [2.24, 2.45) is 4.99 Å². The number of methoxy groups -OCH3 is 1. The third kappa shape index (κ3) is 7.25. The first-order valence-corrected chi connectivity index (χ1v) is 6.42. The first kappa shape index (κ1) is 19.4. The third-order valence-electron chi connectivity index (χ3n) is 2.52. The van der Waals surface area contributed by atoms with E-state index in [0.717, 1.165) is 5.56 Å². The predicted octanol–water partition coefficient (Wildman–Crippen LogP) is 2.45. The van der Waals surface area contributed by atoms with Gasteiger partial charge in [0.25, 0.3) is 0 Å². The van der Waals surface area contributed by atoms with Crippen LogP contribution in [-0.4, -0.2) is 39.8 Å². The van der Waals surface area contributed by atoms with E-state index in [-0.39, 0.29) is 29.8 Å². The van der Waals surface area contributed by atoms with Gasteiger partial charge < -0.3 is 15.4 Å². The number of nitrogens with one attached hydrogen (secondary N) is 2. The van der Waals surface area contributed by atoms with Crippen molar-refractivity contribution in [1.82, 2.24) is 10.6 Å². The molecule has 0 amide bonds. The number of guanidine groups is 1. The van der Waals surface area contributed by atoms with Crippen molar-refractivity contribution in [2.75, 3.05) is 33.9 Å². The van der Waals surface area contributed by atoms with Crippen LogP contribution in [0.1, 0.15) is 5.56 Å². The van der Waals surface area contributed by atoms with Crippen molar-refractivity contribution < 1.29 is 9.13 Å². The van der Waals surface area contributed by atoms with E-state index in [1.54, 1.807) is 20.2 Å². The molecule has 0 unspecified atom stereocenters. The summed E-state index contributed by atoms with van der Waals surface area (Å²) in [5.41, 5.74) is 0.905. The van der Waals surface area contributed by atoms with Crippen LogP contribution in [0, 0.1) is 5.82 Å². The highest BCUT2D eigenvalue weighted by Gasteiger charge is 2.02. The quantitative estimate of drug-likeness (QED) is 0.325. The highest BCUT2D eigenvalue weighted by Crippen LogP contribution is 2.17. The first-order chi connectivity index (χ1) is 9.17. The van der Waals surface area contributed by atoms with Gasteiger partial charge in [-0.2, -0.15) is 0 Å². The molecule has 0 bridgehead atoms. The fraction of sp³-hybridized carbons (Fsp3) is 0.462. The Morgan fingerprint density at radius 3 is 2.65 bits per heavy atom. The predicted molar refractivity (Wildman–Crippen MR) is 91.8 cm³/mol. The van der Waals surface area contributed by atoms with Crippen molar-refractivity contribution >= 4 is 41.5 Å². The van der Waals surface area contributed by atoms with E-state index in [2.05, 4.69) is 15.6 Å². The van der Waals surface area contributed by atoms with Gasteiger partial charge in [0.05, 0.1) is 6.61 Å². The number of halogens is 3. The van der Waals surface area contributed by atoms with Gasteiger partial charge in [0.2, 0.25) is 0 Å². The molecule has 0 aliphatic carbocycles. The number of rotatable bonds is 6. The smallest absolute Gasteiger partial charge is 0.191 e. The molecule has 20 heavy (non-hydrogen) atoms. The van der Waals surface area contributed by atoms with Gasteiger partial charge in [0, 0.05) is 32.3 Å². The lowest BCUT2D eigenvalue weighted by Gasteiger charge is -2.11. The minimum atomic E-state index is -0.321. The molecule has 0 spiro atoms. The van der Waals surface area contributed by atoms with Crippen molar-refractivity contribution in [3.8, 4) is 0 Å². The molecule has 1 aromatic carbocycles. The summed E-state index contributed by atoms with van der Waals surface area (Å²) in [4.78, 5) is 4.07. The largest absolute Gasteiger partial charge is 0.383 e.